The molecule has 3 aromatic rings. The molecule has 5 nitrogen and oxygen atoms in total. The van der Waals surface area contributed by atoms with E-state index in [2.05, 4.69) is 11.1 Å². The maximum Gasteiger partial charge on any atom is 0.340 e. The minimum Gasteiger partial charge on any atom is -0.473 e. The van der Waals surface area contributed by atoms with E-state index in [-0.39, 0.29) is 6.61 Å². The molecule has 128 valence electrons. The number of nitrogens with zero attached hydrogens (tertiary/aromatic N) is 2. The molecule has 0 unspecified atom stereocenters. The predicted molar refractivity (Wildman–Crippen MR) is 95.3 cm³/mol. The van der Waals surface area contributed by atoms with Crippen LogP contribution < -0.4 is 4.74 Å². The normalized spacial score (nSPS) is 9.96. The Morgan fingerprint density at radius 2 is 1.77 bits per heavy atom. The van der Waals surface area contributed by atoms with Crippen molar-refractivity contribution >= 4 is 5.97 Å². The molecule has 0 saturated heterocycles. The minimum atomic E-state index is -0.477. The van der Waals surface area contributed by atoms with Crippen molar-refractivity contribution in [3.63, 3.8) is 0 Å². The summed E-state index contributed by atoms with van der Waals surface area (Å²) in [5.41, 5.74) is 2.67. The monoisotopic (exact) mass is 344 g/mol. The van der Waals surface area contributed by atoms with Crippen molar-refractivity contribution in [2.24, 2.45) is 0 Å². The molecule has 0 amide bonds. The maximum absolute atomic E-state index is 12.1. The highest BCUT2D eigenvalue weighted by Gasteiger charge is 2.09. The van der Waals surface area contributed by atoms with E-state index >= 15 is 0 Å². The Balaban J connectivity index is 1.54. The van der Waals surface area contributed by atoms with Crippen LogP contribution in [0.25, 0.3) is 0 Å². The van der Waals surface area contributed by atoms with Gasteiger partial charge in [0.2, 0.25) is 5.88 Å². The second-order valence-electron chi connectivity index (χ2n) is 5.55. The Morgan fingerprint density at radius 3 is 2.50 bits per heavy atom. The molecule has 0 saturated carbocycles. The van der Waals surface area contributed by atoms with Crippen molar-refractivity contribution in [1.29, 1.82) is 5.26 Å². The number of carbonyl (C=O) groups is 1. The van der Waals surface area contributed by atoms with Gasteiger partial charge in [-0.2, -0.15) is 5.26 Å². The summed E-state index contributed by atoms with van der Waals surface area (Å²) in [5.74, 6) is -0.0402. The van der Waals surface area contributed by atoms with Gasteiger partial charge in [-0.05, 0) is 29.3 Å². The minimum absolute atomic E-state index is 0.0978. The van der Waals surface area contributed by atoms with E-state index in [9.17, 15) is 4.79 Å². The van der Waals surface area contributed by atoms with Gasteiger partial charge < -0.3 is 9.47 Å². The number of aromatic nitrogens is 1. The molecule has 0 aliphatic rings. The van der Waals surface area contributed by atoms with Gasteiger partial charge in [-0.3, -0.25) is 0 Å². The Kier molecular flexibility index (Phi) is 5.58. The third-order valence-corrected chi connectivity index (χ3v) is 3.63. The van der Waals surface area contributed by atoms with Crippen LogP contribution in [0.2, 0.25) is 0 Å². The van der Waals surface area contributed by atoms with Gasteiger partial charge in [-0.25, -0.2) is 9.78 Å². The Bertz CT molecular complexity index is 916. The van der Waals surface area contributed by atoms with E-state index in [4.69, 9.17) is 14.7 Å². The number of hydrogen-bond acceptors (Lipinski definition) is 5. The summed E-state index contributed by atoms with van der Waals surface area (Å²) in [6, 6.07) is 22.0. The van der Waals surface area contributed by atoms with Gasteiger partial charge >= 0.3 is 5.97 Å². The lowest BCUT2D eigenvalue weighted by Gasteiger charge is -2.07. The third-order valence-electron chi connectivity index (χ3n) is 3.63. The SMILES string of the molecule is N#Cc1cccc(COC(=O)c2ccc(OCc3ccccc3)nc2)c1. The van der Waals surface area contributed by atoms with Crippen molar-refractivity contribution in [1.82, 2.24) is 4.98 Å². The summed E-state index contributed by atoms with van der Waals surface area (Å²) in [7, 11) is 0. The van der Waals surface area contributed by atoms with Gasteiger partial charge in [-0.15, -0.1) is 0 Å². The first kappa shape index (κ1) is 17.2. The molecule has 0 spiro atoms. The van der Waals surface area contributed by atoms with Crippen molar-refractivity contribution in [3.8, 4) is 11.9 Å². The number of benzene rings is 2. The molecule has 1 aromatic heterocycles. The van der Waals surface area contributed by atoms with E-state index in [1.165, 1.54) is 6.20 Å². The number of pyridine rings is 1. The molecule has 5 heteroatoms. The highest BCUT2D eigenvalue weighted by atomic mass is 16.5. The second kappa shape index (κ2) is 8.45. The highest BCUT2D eigenvalue weighted by Crippen LogP contribution is 2.12. The van der Waals surface area contributed by atoms with Crippen LogP contribution in [0.4, 0.5) is 0 Å². The molecule has 0 radical (unpaired) electrons. The maximum atomic E-state index is 12.1. The molecule has 0 fully saturated rings. The number of rotatable bonds is 6. The Labute approximate surface area is 151 Å². The lowest BCUT2D eigenvalue weighted by molar-refractivity contribution is 0.0472. The summed E-state index contributed by atoms with van der Waals surface area (Å²) in [6.07, 6.45) is 1.42. The van der Waals surface area contributed by atoms with Crippen LogP contribution in [-0.4, -0.2) is 11.0 Å². The molecular formula is C21H16N2O3. The summed E-state index contributed by atoms with van der Waals surface area (Å²) >= 11 is 0. The number of carbonyl (C=O) groups excluding carboxylic acids is 1. The Hall–Kier alpha value is -3.65. The average Bonchev–Trinajstić information content (AvgIpc) is 2.72. The van der Waals surface area contributed by atoms with Crippen molar-refractivity contribution < 1.29 is 14.3 Å². The third kappa shape index (κ3) is 4.68. The zero-order valence-corrected chi connectivity index (χ0v) is 14.0. The van der Waals surface area contributed by atoms with E-state index in [1.807, 2.05) is 30.3 Å². The molecule has 26 heavy (non-hydrogen) atoms. The van der Waals surface area contributed by atoms with E-state index in [0.717, 1.165) is 11.1 Å². The molecule has 0 bridgehead atoms. The van der Waals surface area contributed by atoms with Crippen molar-refractivity contribution in [2.75, 3.05) is 0 Å². The largest absolute Gasteiger partial charge is 0.473 e. The zero-order valence-electron chi connectivity index (χ0n) is 14.0. The fourth-order valence-electron chi connectivity index (χ4n) is 2.28. The van der Waals surface area contributed by atoms with Crippen molar-refractivity contribution in [3.05, 3.63) is 95.2 Å². The average molecular weight is 344 g/mol. The highest BCUT2D eigenvalue weighted by molar-refractivity contribution is 5.89. The summed E-state index contributed by atoms with van der Waals surface area (Å²) in [6.45, 7) is 0.507. The lowest BCUT2D eigenvalue weighted by atomic mass is 10.1. The number of ether oxygens (including phenoxy) is 2. The summed E-state index contributed by atoms with van der Waals surface area (Å²) in [4.78, 5) is 16.2. The molecule has 0 aliphatic heterocycles. The van der Waals surface area contributed by atoms with Crippen LogP contribution in [0, 0.1) is 11.3 Å². The molecule has 0 atom stereocenters. The van der Waals surface area contributed by atoms with Gasteiger partial charge in [0.05, 0.1) is 17.2 Å². The lowest BCUT2D eigenvalue weighted by Crippen LogP contribution is -2.06. The molecule has 1 heterocycles. The van der Waals surface area contributed by atoms with Crippen LogP contribution in [0.5, 0.6) is 5.88 Å². The smallest absolute Gasteiger partial charge is 0.340 e. The molecule has 3 rings (SSSR count). The van der Waals surface area contributed by atoms with Gasteiger partial charge in [0.15, 0.2) is 0 Å². The fourth-order valence-corrected chi connectivity index (χ4v) is 2.28. The van der Waals surface area contributed by atoms with Gasteiger partial charge in [0, 0.05) is 12.3 Å². The second-order valence-corrected chi connectivity index (χ2v) is 5.55. The first-order valence-corrected chi connectivity index (χ1v) is 8.03. The number of nitriles is 1. The van der Waals surface area contributed by atoms with E-state index in [0.29, 0.717) is 23.6 Å². The predicted octanol–water partition coefficient (Wildman–Crippen LogP) is 3.89. The molecule has 2 aromatic carbocycles. The fraction of sp³-hybridized carbons (Fsp3) is 0.0952. The van der Waals surface area contributed by atoms with Crippen LogP contribution in [0.3, 0.4) is 0 Å². The van der Waals surface area contributed by atoms with Crippen LogP contribution in [0.15, 0.2) is 72.9 Å². The molecule has 0 N–H and O–H groups in total. The Morgan fingerprint density at radius 1 is 0.962 bits per heavy atom. The van der Waals surface area contributed by atoms with Crippen LogP contribution in [0.1, 0.15) is 27.0 Å². The van der Waals surface area contributed by atoms with Gasteiger partial charge in [0.1, 0.15) is 13.2 Å². The number of hydrogen-bond donors (Lipinski definition) is 0. The van der Waals surface area contributed by atoms with Crippen molar-refractivity contribution in [2.45, 2.75) is 13.2 Å². The van der Waals surface area contributed by atoms with Crippen LogP contribution >= 0.6 is 0 Å². The molecule has 0 aliphatic carbocycles. The first-order chi connectivity index (χ1) is 12.7. The van der Waals surface area contributed by atoms with Gasteiger partial charge in [0.25, 0.3) is 0 Å². The molecular weight excluding hydrogens is 328 g/mol. The summed E-state index contributed by atoms with van der Waals surface area (Å²) in [5, 5.41) is 8.88. The standard InChI is InChI=1S/C21H16N2O3/c22-12-17-7-4-8-18(11-17)15-26-21(24)19-9-10-20(23-13-19)25-14-16-5-2-1-3-6-16/h1-11,13H,14-15H2. The van der Waals surface area contributed by atoms with E-state index in [1.54, 1.807) is 36.4 Å². The summed E-state index contributed by atoms with van der Waals surface area (Å²) < 4.78 is 10.8. The topological polar surface area (TPSA) is 72.2 Å². The van der Waals surface area contributed by atoms with Crippen LogP contribution in [-0.2, 0) is 18.0 Å². The first-order valence-electron chi connectivity index (χ1n) is 8.03. The number of esters is 1. The zero-order chi connectivity index (χ0) is 18.2. The quantitative estimate of drug-likeness (QED) is 0.634. The van der Waals surface area contributed by atoms with Gasteiger partial charge in [-0.1, -0.05) is 42.5 Å². The van der Waals surface area contributed by atoms with E-state index < -0.39 is 5.97 Å².